The molecule has 2 aromatic heterocycles. The number of hydrogen-bond acceptors (Lipinski definition) is 6. The summed E-state index contributed by atoms with van der Waals surface area (Å²) in [7, 11) is 0. The molecule has 0 fully saturated rings. The molecular formula is C15H22FN5O. The first kappa shape index (κ1) is 16.4. The fourth-order valence-electron chi connectivity index (χ4n) is 2.33. The van der Waals surface area contributed by atoms with Crippen LogP contribution in [0.3, 0.4) is 0 Å². The van der Waals surface area contributed by atoms with Gasteiger partial charge in [-0.15, -0.1) is 0 Å². The van der Waals surface area contributed by atoms with Gasteiger partial charge in [-0.3, -0.25) is 0 Å². The summed E-state index contributed by atoms with van der Waals surface area (Å²) in [4.78, 5) is 12.2. The topological polar surface area (TPSA) is 97.0 Å². The van der Waals surface area contributed by atoms with Crippen molar-refractivity contribution in [3.05, 3.63) is 18.1 Å². The molecule has 0 amide bonds. The van der Waals surface area contributed by atoms with Crippen LogP contribution in [-0.4, -0.2) is 32.2 Å². The summed E-state index contributed by atoms with van der Waals surface area (Å²) in [5.41, 5.74) is 5.91. The number of unbranched alkanes of at least 4 members (excludes halogenated alkanes) is 2. The third-order valence-electron chi connectivity index (χ3n) is 3.62. The molecule has 0 aliphatic rings. The van der Waals surface area contributed by atoms with Gasteiger partial charge in [-0.05, 0) is 13.3 Å². The van der Waals surface area contributed by atoms with Gasteiger partial charge in [0.2, 0.25) is 5.95 Å². The molecule has 0 saturated heterocycles. The highest BCUT2D eigenvalue weighted by molar-refractivity contribution is 5.86. The fourth-order valence-corrected chi connectivity index (χ4v) is 2.33. The molecular weight excluding hydrogens is 285 g/mol. The minimum atomic E-state index is -0.543. The molecule has 0 saturated carbocycles. The van der Waals surface area contributed by atoms with Crippen LogP contribution in [0.15, 0.2) is 12.3 Å². The van der Waals surface area contributed by atoms with Crippen LogP contribution in [0.5, 0.6) is 0 Å². The number of nitrogens with one attached hydrogen (secondary N) is 1. The van der Waals surface area contributed by atoms with Gasteiger partial charge in [-0.25, -0.2) is 14.4 Å². The van der Waals surface area contributed by atoms with Gasteiger partial charge in [0.05, 0.1) is 23.9 Å². The number of rotatable bonds is 7. The highest BCUT2D eigenvalue weighted by Gasteiger charge is 2.24. The van der Waals surface area contributed by atoms with Gasteiger partial charge in [0, 0.05) is 6.07 Å². The lowest BCUT2D eigenvalue weighted by molar-refractivity contribution is 0.211. The molecule has 22 heavy (non-hydrogen) atoms. The standard InChI is InChI=1S/C15H22FN5O/c1-3-4-5-6-15(2,9-22)21-13-12-11(19-14(17)20-13)7-10(16)8-18-12/h7-8,22H,3-6,9H2,1-2H3,(H3,17,19,20,21)/t15-/m1/s1. The number of anilines is 2. The molecule has 0 bridgehead atoms. The Morgan fingerprint density at radius 3 is 2.82 bits per heavy atom. The Labute approximate surface area is 129 Å². The Bertz CT molecular complexity index is 646. The van der Waals surface area contributed by atoms with E-state index in [4.69, 9.17) is 5.73 Å². The number of nitrogens with two attached hydrogens (primary N) is 1. The minimum absolute atomic E-state index is 0.0382. The van der Waals surface area contributed by atoms with E-state index in [9.17, 15) is 9.50 Å². The summed E-state index contributed by atoms with van der Waals surface area (Å²) in [5.74, 6) is -0.0313. The summed E-state index contributed by atoms with van der Waals surface area (Å²) in [6.07, 6.45) is 5.07. The van der Waals surface area contributed by atoms with Gasteiger partial charge >= 0.3 is 0 Å². The minimum Gasteiger partial charge on any atom is -0.394 e. The van der Waals surface area contributed by atoms with Gasteiger partial charge in [0.15, 0.2) is 5.82 Å². The highest BCUT2D eigenvalue weighted by atomic mass is 19.1. The zero-order chi connectivity index (χ0) is 16.2. The van der Waals surface area contributed by atoms with E-state index in [0.29, 0.717) is 16.9 Å². The molecule has 0 aliphatic heterocycles. The van der Waals surface area contributed by atoms with Crippen molar-refractivity contribution < 1.29 is 9.50 Å². The molecule has 7 heteroatoms. The van der Waals surface area contributed by atoms with Gasteiger partial charge in [-0.1, -0.05) is 26.2 Å². The number of fused-ring (bicyclic) bond motifs is 1. The van der Waals surface area contributed by atoms with Crippen LogP contribution in [0, 0.1) is 5.82 Å². The first-order chi connectivity index (χ1) is 10.5. The van der Waals surface area contributed by atoms with Gasteiger partial charge in [0.25, 0.3) is 0 Å². The summed E-state index contributed by atoms with van der Waals surface area (Å²) >= 11 is 0. The maximum Gasteiger partial charge on any atom is 0.222 e. The molecule has 0 radical (unpaired) electrons. The van der Waals surface area contributed by atoms with Gasteiger partial charge < -0.3 is 16.2 Å². The van der Waals surface area contributed by atoms with E-state index in [1.807, 2.05) is 6.92 Å². The monoisotopic (exact) mass is 307 g/mol. The maximum absolute atomic E-state index is 13.3. The largest absolute Gasteiger partial charge is 0.394 e. The Morgan fingerprint density at radius 2 is 2.14 bits per heavy atom. The Kier molecular flexibility index (Phi) is 5.07. The van der Waals surface area contributed by atoms with E-state index >= 15 is 0 Å². The van der Waals surface area contributed by atoms with Crippen LogP contribution in [0.4, 0.5) is 16.2 Å². The SMILES string of the molecule is CCCCC[C@](C)(CO)Nc1nc(N)nc2cc(F)cnc12. The lowest BCUT2D eigenvalue weighted by Crippen LogP contribution is -2.39. The highest BCUT2D eigenvalue weighted by Crippen LogP contribution is 2.25. The lowest BCUT2D eigenvalue weighted by Gasteiger charge is -2.29. The number of hydrogen-bond donors (Lipinski definition) is 3. The number of nitrogen functional groups attached to an aromatic ring is 1. The average molecular weight is 307 g/mol. The van der Waals surface area contributed by atoms with Crippen molar-refractivity contribution in [3.8, 4) is 0 Å². The van der Waals surface area contributed by atoms with Crippen molar-refractivity contribution in [3.63, 3.8) is 0 Å². The average Bonchev–Trinajstić information content (AvgIpc) is 2.46. The van der Waals surface area contributed by atoms with Crippen LogP contribution < -0.4 is 11.1 Å². The second kappa shape index (κ2) is 6.83. The van der Waals surface area contributed by atoms with Crippen LogP contribution in [0.25, 0.3) is 11.0 Å². The van der Waals surface area contributed by atoms with Crippen LogP contribution >= 0.6 is 0 Å². The zero-order valence-electron chi connectivity index (χ0n) is 12.9. The van der Waals surface area contributed by atoms with Crippen molar-refractivity contribution >= 4 is 22.8 Å². The van der Waals surface area contributed by atoms with Crippen LogP contribution in [0.2, 0.25) is 0 Å². The van der Waals surface area contributed by atoms with Crippen molar-refractivity contribution in [2.24, 2.45) is 0 Å². The number of aromatic nitrogens is 3. The van der Waals surface area contributed by atoms with Gasteiger partial charge in [-0.2, -0.15) is 4.98 Å². The second-order valence-electron chi connectivity index (χ2n) is 5.75. The summed E-state index contributed by atoms with van der Waals surface area (Å²) in [6.45, 7) is 3.99. The molecule has 6 nitrogen and oxygen atoms in total. The molecule has 0 aliphatic carbocycles. The number of aliphatic hydroxyl groups is 1. The normalized spacial score (nSPS) is 14.0. The van der Waals surface area contributed by atoms with Gasteiger partial charge in [0.1, 0.15) is 11.3 Å². The van der Waals surface area contributed by atoms with E-state index < -0.39 is 11.4 Å². The summed E-state index contributed by atoms with van der Waals surface area (Å²) in [5, 5.41) is 12.9. The first-order valence-electron chi connectivity index (χ1n) is 7.45. The van der Waals surface area contributed by atoms with E-state index in [0.717, 1.165) is 31.9 Å². The first-order valence-corrected chi connectivity index (χ1v) is 7.45. The molecule has 0 aromatic carbocycles. The fraction of sp³-hybridized carbons (Fsp3) is 0.533. The molecule has 0 unspecified atom stereocenters. The predicted octanol–water partition coefficient (Wildman–Crippen LogP) is 2.49. The van der Waals surface area contributed by atoms with E-state index in [1.54, 1.807) is 0 Å². The van der Waals surface area contributed by atoms with E-state index in [1.165, 1.54) is 6.07 Å². The second-order valence-corrected chi connectivity index (χ2v) is 5.75. The molecule has 120 valence electrons. The molecule has 0 spiro atoms. The predicted molar refractivity (Wildman–Crippen MR) is 85.0 cm³/mol. The Morgan fingerprint density at radius 1 is 1.36 bits per heavy atom. The number of pyridine rings is 1. The molecule has 2 rings (SSSR count). The summed E-state index contributed by atoms with van der Waals surface area (Å²) < 4.78 is 13.3. The van der Waals surface area contributed by atoms with Crippen LogP contribution in [-0.2, 0) is 0 Å². The number of nitrogens with zero attached hydrogens (tertiary/aromatic N) is 3. The lowest BCUT2D eigenvalue weighted by atomic mass is 9.95. The maximum atomic E-state index is 13.3. The zero-order valence-corrected chi connectivity index (χ0v) is 12.9. The number of aliphatic hydroxyl groups excluding tert-OH is 1. The quantitative estimate of drug-likeness (QED) is 0.680. The van der Waals surface area contributed by atoms with Crippen LogP contribution in [0.1, 0.15) is 39.5 Å². The number of halogens is 1. The van der Waals surface area contributed by atoms with E-state index in [-0.39, 0.29) is 12.6 Å². The molecule has 1 atom stereocenters. The summed E-state index contributed by atoms with van der Waals surface area (Å²) in [6, 6.07) is 1.26. The van der Waals surface area contributed by atoms with Crippen molar-refractivity contribution in [1.29, 1.82) is 0 Å². The molecule has 2 aromatic rings. The van der Waals surface area contributed by atoms with Crippen molar-refractivity contribution in [2.75, 3.05) is 17.7 Å². The van der Waals surface area contributed by atoms with Crippen molar-refractivity contribution in [1.82, 2.24) is 15.0 Å². The molecule has 4 N–H and O–H groups in total. The molecule has 2 heterocycles. The smallest absolute Gasteiger partial charge is 0.222 e. The third kappa shape index (κ3) is 3.79. The third-order valence-corrected chi connectivity index (χ3v) is 3.62. The van der Waals surface area contributed by atoms with Crippen molar-refractivity contribution in [2.45, 2.75) is 45.1 Å². The van der Waals surface area contributed by atoms with E-state index in [2.05, 4.69) is 27.2 Å². The Balaban J connectivity index is 2.32. The Hall–Kier alpha value is -2.02.